The van der Waals surface area contributed by atoms with Crippen LogP contribution >= 0.6 is 20.8 Å². The van der Waals surface area contributed by atoms with Gasteiger partial charge in [0, 0.05) is 0 Å². The van der Waals surface area contributed by atoms with E-state index in [0.717, 1.165) is 5.75 Å². The molecule has 36 heavy (non-hydrogen) atoms. The van der Waals surface area contributed by atoms with E-state index in [9.17, 15) is 0 Å². The molecule has 0 bridgehead atoms. The molecular formula is C33H32BrOP. The Bertz CT molecular complexity index is 1410. The molecule has 5 aromatic rings. The Morgan fingerprint density at radius 3 is 1.56 bits per heavy atom. The van der Waals surface area contributed by atoms with Crippen LogP contribution in [0.2, 0.25) is 0 Å². The summed E-state index contributed by atoms with van der Waals surface area (Å²) in [5, 5.41) is 3.37. The van der Waals surface area contributed by atoms with Gasteiger partial charge < -0.3 is 0 Å². The van der Waals surface area contributed by atoms with Crippen molar-refractivity contribution in [2.45, 2.75) is 26.4 Å². The maximum atomic E-state index is 5.65. The van der Waals surface area contributed by atoms with E-state index in [1.54, 1.807) is 7.11 Å². The van der Waals surface area contributed by atoms with Crippen LogP contribution in [0.15, 0.2) is 115 Å². The second kappa shape index (κ2) is 9.51. The Hall–Kier alpha value is -2.93. The van der Waals surface area contributed by atoms with Crippen LogP contribution in [0.3, 0.4) is 0 Å². The van der Waals surface area contributed by atoms with E-state index < -0.39 is 5.31 Å². The zero-order valence-electron chi connectivity index (χ0n) is 21.3. The molecule has 0 saturated carbocycles. The van der Waals surface area contributed by atoms with Gasteiger partial charge in [-0.3, -0.25) is 0 Å². The van der Waals surface area contributed by atoms with Crippen LogP contribution in [-0.2, 0) is 0 Å². The molecule has 0 aromatic heterocycles. The molecular weight excluding hydrogens is 523 g/mol. The van der Waals surface area contributed by atoms with Crippen molar-refractivity contribution in [2.24, 2.45) is 0 Å². The predicted molar refractivity (Wildman–Crippen MR) is 162 cm³/mol. The van der Waals surface area contributed by atoms with Gasteiger partial charge in [-0.25, -0.2) is 0 Å². The molecule has 0 radical (unpaired) electrons. The van der Waals surface area contributed by atoms with Crippen LogP contribution in [0, 0.1) is 13.8 Å². The number of ether oxygens (including phenoxy) is 1. The molecule has 0 N–H and O–H groups in total. The van der Waals surface area contributed by atoms with E-state index in [2.05, 4.69) is 152 Å². The van der Waals surface area contributed by atoms with E-state index in [1.165, 1.54) is 43.4 Å². The van der Waals surface area contributed by atoms with Crippen LogP contribution < -0.4 is 20.7 Å². The molecule has 0 amide bonds. The van der Waals surface area contributed by atoms with Crippen molar-refractivity contribution in [1.82, 2.24) is 0 Å². The van der Waals surface area contributed by atoms with E-state index in [4.69, 9.17) is 4.74 Å². The van der Waals surface area contributed by atoms with Gasteiger partial charge in [0.2, 0.25) is 0 Å². The first kappa shape index (κ1) is 24.8. The summed E-state index contributed by atoms with van der Waals surface area (Å²) in [5.41, 5.74) is 3.91. The maximum absolute atomic E-state index is 5.65. The fourth-order valence-electron chi connectivity index (χ4n) is 5.76. The normalized spacial score (nSPS) is 13.6. The summed E-state index contributed by atoms with van der Waals surface area (Å²) in [6.07, 6.45) is 0. The number of rotatable bonds is 6. The summed E-state index contributed by atoms with van der Waals surface area (Å²) in [6.45, 7) is 6.72. The number of halogens is 1. The molecule has 1 atom stereocenters. The monoisotopic (exact) mass is 554 g/mol. The van der Waals surface area contributed by atoms with Crippen molar-refractivity contribution < 1.29 is 4.74 Å². The molecule has 0 aliphatic heterocycles. The SMILES string of the molecule is COc1cc(C)c2cc(C(C)P(Br)(c3ccccc3)(c3ccccc3)c3ccccc3)ccc2c1C. The topological polar surface area (TPSA) is 9.23 Å². The van der Waals surface area contributed by atoms with Crippen LogP contribution in [0.25, 0.3) is 10.8 Å². The summed E-state index contributed by atoms with van der Waals surface area (Å²) in [4.78, 5) is 0. The number of hydrogen-bond donors (Lipinski definition) is 0. The van der Waals surface area contributed by atoms with Gasteiger partial charge in [0.05, 0.1) is 0 Å². The third kappa shape index (κ3) is 3.62. The van der Waals surface area contributed by atoms with Crippen molar-refractivity contribution in [1.29, 1.82) is 0 Å². The molecule has 0 spiro atoms. The molecule has 5 rings (SSSR count). The fraction of sp³-hybridized carbons (Fsp3) is 0.152. The van der Waals surface area contributed by atoms with E-state index >= 15 is 0 Å². The molecule has 0 aliphatic carbocycles. The zero-order valence-corrected chi connectivity index (χ0v) is 23.8. The number of hydrogen-bond acceptors (Lipinski definition) is 1. The molecule has 1 unspecified atom stereocenters. The number of methoxy groups -OCH3 is 1. The molecule has 5 aromatic carbocycles. The summed E-state index contributed by atoms with van der Waals surface area (Å²) >= 11 is 4.65. The van der Waals surface area contributed by atoms with Gasteiger partial charge in [0.1, 0.15) is 0 Å². The summed E-state index contributed by atoms with van der Waals surface area (Å²) in [6, 6.07) is 42.2. The predicted octanol–water partition coefficient (Wildman–Crippen LogP) is 8.37. The van der Waals surface area contributed by atoms with Gasteiger partial charge in [-0.1, -0.05) is 0 Å². The van der Waals surface area contributed by atoms with Gasteiger partial charge in [0.25, 0.3) is 0 Å². The molecule has 182 valence electrons. The van der Waals surface area contributed by atoms with Gasteiger partial charge >= 0.3 is 223 Å². The van der Waals surface area contributed by atoms with Gasteiger partial charge in [-0.05, 0) is 0 Å². The minimum atomic E-state index is -3.14. The van der Waals surface area contributed by atoms with Crippen molar-refractivity contribution in [3.63, 3.8) is 0 Å². The van der Waals surface area contributed by atoms with Crippen molar-refractivity contribution in [3.05, 3.63) is 132 Å². The Morgan fingerprint density at radius 2 is 1.11 bits per heavy atom. The van der Waals surface area contributed by atoms with Crippen molar-refractivity contribution in [2.75, 3.05) is 7.11 Å². The first-order chi connectivity index (χ1) is 17.4. The van der Waals surface area contributed by atoms with Gasteiger partial charge in [-0.15, -0.1) is 0 Å². The van der Waals surface area contributed by atoms with E-state index in [-0.39, 0.29) is 5.66 Å². The molecule has 0 fully saturated rings. The van der Waals surface area contributed by atoms with E-state index in [1.807, 2.05) is 0 Å². The average Bonchev–Trinajstić information content (AvgIpc) is 2.95. The van der Waals surface area contributed by atoms with E-state index in [0.29, 0.717) is 0 Å². The minimum absolute atomic E-state index is 0.175. The summed E-state index contributed by atoms with van der Waals surface area (Å²) in [5.74, 6) is 0.943. The van der Waals surface area contributed by atoms with Crippen LogP contribution in [0.4, 0.5) is 0 Å². The standard InChI is InChI=1S/C33H32BrOP/c1-24-22-33(35-4)25(2)31-21-20-27(23-32(24)31)26(3)36(34,28-14-8-5-9-15-28,29-16-10-6-11-17-29)30-18-12-7-13-19-30/h5-23,26H,1-4H3. The molecule has 1 nitrogen and oxygen atoms in total. The summed E-state index contributed by atoms with van der Waals surface area (Å²) < 4.78 is 5.65. The first-order valence-corrected chi connectivity index (χ1v) is 16.7. The quantitative estimate of drug-likeness (QED) is 0.191. The van der Waals surface area contributed by atoms with Gasteiger partial charge in [-0.2, -0.15) is 0 Å². The average molecular weight is 555 g/mol. The Morgan fingerprint density at radius 1 is 0.639 bits per heavy atom. The first-order valence-electron chi connectivity index (χ1n) is 12.4. The van der Waals surface area contributed by atoms with Crippen LogP contribution in [0.1, 0.15) is 29.3 Å². The van der Waals surface area contributed by atoms with Crippen molar-refractivity contribution in [3.8, 4) is 5.75 Å². The van der Waals surface area contributed by atoms with Crippen molar-refractivity contribution >= 4 is 47.5 Å². The third-order valence-corrected chi connectivity index (χ3v) is 19.0. The molecule has 0 saturated heterocycles. The second-order valence-corrected chi connectivity index (χ2v) is 18.5. The second-order valence-electron chi connectivity index (χ2n) is 9.58. The fourth-order valence-corrected chi connectivity index (χ4v) is 13.8. The zero-order chi connectivity index (χ0) is 25.4. The summed E-state index contributed by atoms with van der Waals surface area (Å²) in [7, 11) is 1.75. The molecule has 0 aliphatic rings. The number of fused-ring (bicyclic) bond motifs is 1. The Labute approximate surface area is 222 Å². The number of benzene rings is 5. The Balaban J connectivity index is 1.87. The van der Waals surface area contributed by atoms with Crippen LogP contribution in [-0.4, -0.2) is 7.11 Å². The van der Waals surface area contributed by atoms with Gasteiger partial charge in [0.15, 0.2) is 0 Å². The number of aryl methyl sites for hydroxylation is 2. The Kier molecular flexibility index (Phi) is 6.54. The molecule has 3 heteroatoms. The molecule has 0 heterocycles. The third-order valence-electron chi connectivity index (χ3n) is 7.80. The van der Waals surface area contributed by atoms with Crippen LogP contribution in [0.5, 0.6) is 5.75 Å².